The van der Waals surface area contributed by atoms with E-state index >= 15 is 0 Å². The summed E-state index contributed by atoms with van der Waals surface area (Å²) in [6.45, 7) is -0.608. The fourth-order valence-electron chi connectivity index (χ4n) is 3.58. The molecule has 0 unspecified atom stereocenters. The van der Waals surface area contributed by atoms with Crippen LogP contribution in [-0.4, -0.2) is 46.7 Å². The molecule has 2 amide bonds. The van der Waals surface area contributed by atoms with Gasteiger partial charge in [0, 0.05) is 34.7 Å². The summed E-state index contributed by atoms with van der Waals surface area (Å²) in [4.78, 5) is 59.7. The van der Waals surface area contributed by atoms with Gasteiger partial charge in [-0.1, -0.05) is 11.6 Å². The predicted octanol–water partition coefficient (Wildman–Crippen LogP) is 3.96. The molecule has 1 N–H and O–H groups in total. The van der Waals surface area contributed by atoms with Gasteiger partial charge in [0.25, 0.3) is 11.6 Å². The Balaban J connectivity index is 1.25. The Morgan fingerprint density at radius 1 is 0.947 bits per heavy atom. The van der Waals surface area contributed by atoms with Gasteiger partial charge in [-0.15, -0.1) is 0 Å². The van der Waals surface area contributed by atoms with Crippen LogP contribution < -0.4 is 10.2 Å². The molecular formula is C26H20ClN3O8. The highest BCUT2D eigenvalue weighted by molar-refractivity contribution is 6.30. The quantitative estimate of drug-likeness (QED) is 0.187. The minimum Gasteiger partial charge on any atom is -0.457 e. The van der Waals surface area contributed by atoms with E-state index in [1.54, 1.807) is 12.1 Å². The van der Waals surface area contributed by atoms with Gasteiger partial charge in [0.15, 0.2) is 12.4 Å². The van der Waals surface area contributed by atoms with E-state index in [0.29, 0.717) is 22.1 Å². The van der Waals surface area contributed by atoms with E-state index in [1.165, 1.54) is 60.7 Å². The second-order valence-electron chi connectivity index (χ2n) is 8.26. The Morgan fingerprint density at radius 2 is 1.53 bits per heavy atom. The molecule has 38 heavy (non-hydrogen) atoms. The Hall–Kier alpha value is -4.77. The fraction of sp³-hybridized carbons (Fsp3) is 0.154. The zero-order valence-electron chi connectivity index (χ0n) is 19.7. The largest absolute Gasteiger partial charge is 0.457 e. The second kappa shape index (κ2) is 11.5. The standard InChI is InChI=1S/C26H20ClN3O8/c27-19-5-1-17(2-6-19)25(33)28-29-14-18(13-24(29)32)26(34)37-15-23(31)16-3-9-21(10-4-16)38-22-11-7-20(8-12-22)30(35)36/h1-12,18H,13-15H2,(H,28,33)/t18-/m0/s1. The number of nitrogens with one attached hydrogen (secondary N) is 1. The molecule has 0 aliphatic carbocycles. The average Bonchev–Trinajstić information content (AvgIpc) is 3.28. The minimum absolute atomic E-state index is 0.0646. The number of carbonyl (C=O) groups is 4. The number of hydrazine groups is 1. The van der Waals surface area contributed by atoms with Gasteiger partial charge in [-0.2, -0.15) is 0 Å². The number of ketones is 1. The highest BCUT2D eigenvalue weighted by Gasteiger charge is 2.36. The highest BCUT2D eigenvalue weighted by atomic mass is 35.5. The van der Waals surface area contributed by atoms with Crippen LogP contribution in [0.4, 0.5) is 5.69 Å². The molecule has 11 nitrogen and oxygen atoms in total. The SMILES string of the molecule is O=C(COC(=O)[C@H]1CC(=O)N(NC(=O)c2ccc(Cl)cc2)C1)c1ccc(Oc2ccc([N+](=O)[O-])cc2)cc1. The molecule has 1 heterocycles. The monoisotopic (exact) mass is 537 g/mol. The summed E-state index contributed by atoms with van der Waals surface area (Å²) in [6, 6.07) is 17.7. The second-order valence-corrected chi connectivity index (χ2v) is 8.70. The Morgan fingerprint density at radius 3 is 2.13 bits per heavy atom. The molecule has 1 saturated heterocycles. The molecule has 3 aromatic rings. The molecule has 1 fully saturated rings. The van der Waals surface area contributed by atoms with Crippen molar-refractivity contribution in [3.63, 3.8) is 0 Å². The summed E-state index contributed by atoms with van der Waals surface area (Å²) in [7, 11) is 0. The van der Waals surface area contributed by atoms with Crippen molar-refractivity contribution in [2.45, 2.75) is 6.42 Å². The first-order valence-corrected chi connectivity index (χ1v) is 11.7. The van der Waals surface area contributed by atoms with Gasteiger partial charge in [0.05, 0.1) is 17.4 Å². The number of carbonyl (C=O) groups excluding carboxylic acids is 4. The molecule has 194 valence electrons. The van der Waals surface area contributed by atoms with Crippen LogP contribution in [0.2, 0.25) is 5.02 Å². The lowest BCUT2D eigenvalue weighted by Crippen LogP contribution is -2.43. The maximum atomic E-state index is 12.5. The maximum Gasteiger partial charge on any atom is 0.311 e. The summed E-state index contributed by atoms with van der Waals surface area (Å²) in [6.07, 6.45) is -0.164. The van der Waals surface area contributed by atoms with Gasteiger partial charge in [-0.3, -0.25) is 39.7 Å². The van der Waals surface area contributed by atoms with E-state index in [4.69, 9.17) is 21.1 Å². The molecule has 12 heteroatoms. The summed E-state index contributed by atoms with van der Waals surface area (Å²) in [5, 5.41) is 12.2. The first-order valence-electron chi connectivity index (χ1n) is 11.3. The van der Waals surface area contributed by atoms with Gasteiger partial charge >= 0.3 is 5.97 Å². The van der Waals surface area contributed by atoms with Crippen LogP contribution in [0.25, 0.3) is 0 Å². The average molecular weight is 538 g/mol. The number of amides is 2. The van der Waals surface area contributed by atoms with Crippen molar-refractivity contribution >= 4 is 40.9 Å². The summed E-state index contributed by atoms with van der Waals surface area (Å²) < 4.78 is 10.7. The zero-order chi connectivity index (χ0) is 27.2. The van der Waals surface area contributed by atoms with Gasteiger partial charge in [-0.05, 0) is 60.7 Å². The van der Waals surface area contributed by atoms with Crippen molar-refractivity contribution in [2.75, 3.05) is 13.2 Å². The highest BCUT2D eigenvalue weighted by Crippen LogP contribution is 2.24. The van der Waals surface area contributed by atoms with Gasteiger partial charge in [0.2, 0.25) is 5.91 Å². The van der Waals surface area contributed by atoms with Crippen molar-refractivity contribution in [1.82, 2.24) is 10.4 Å². The summed E-state index contributed by atoms with van der Waals surface area (Å²) in [5.41, 5.74) is 2.96. The normalized spacial score (nSPS) is 14.6. The first kappa shape index (κ1) is 26.3. The number of benzene rings is 3. The van der Waals surface area contributed by atoms with Crippen molar-refractivity contribution in [3.05, 3.63) is 99.1 Å². The number of hydrogen-bond acceptors (Lipinski definition) is 8. The first-order chi connectivity index (χ1) is 18.2. The van der Waals surface area contributed by atoms with E-state index in [2.05, 4.69) is 5.43 Å². The number of nitro benzene ring substituents is 1. The molecular weight excluding hydrogens is 518 g/mol. The Labute approximate surface area is 221 Å². The zero-order valence-corrected chi connectivity index (χ0v) is 20.4. The molecule has 0 spiro atoms. The van der Waals surface area contributed by atoms with Crippen molar-refractivity contribution in [3.8, 4) is 11.5 Å². The van der Waals surface area contributed by atoms with Crippen LogP contribution in [-0.2, 0) is 14.3 Å². The topological polar surface area (TPSA) is 145 Å². The van der Waals surface area contributed by atoms with Crippen molar-refractivity contribution < 1.29 is 33.6 Å². The number of Topliss-reactive ketones (excluding diaryl/α,β-unsaturated/α-hetero) is 1. The number of esters is 1. The molecule has 0 bridgehead atoms. The van der Waals surface area contributed by atoms with Crippen molar-refractivity contribution in [2.24, 2.45) is 5.92 Å². The molecule has 1 aliphatic heterocycles. The van der Waals surface area contributed by atoms with Gasteiger partial charge < -0.3 is 9.47 Å². The molecule has 1 aliphatic rings. The lowest BCUT2D eigenvalue weighted by atomic mass is 10.1. The molecule has 1 atom stereocenters. The van der Waals surface area contributed by atoms with E-state index in [9.17, 15) is 29.3 Å². The number of nitro groups is 1. The summed E-state index contributed by atoms with van der Waals surface area (Å²) in [5.74, 6) is -2.22. The third kappa shape index (κ3) is 6.51. The number of halogens is 1. The Bertz CT molecular complexity index is 1380. The van der Waals surface area contributed by atoms with Gasteiger partial charge in [0.1, 0.15) is 11.5 Å². The van der Waals surface area contributed by atoms with Crippen LogP contribution in [0.3, 0.4) is 0 Å². The lowest BCUT2D eigenvalue weighted by molar-refractivity contribution is -0.384. The molecule has 4 rings (SSSR count). The smallest absolute Gasteiger partial charge is 0.311 e. The molecule has 3 aromatic carbocycles. The fourth-order valence-corrected chi connectivity index (χ4v) is 3.71. The predicted molar refractivity (Wildman–Crippen MR) is 134 cm³/mol. The molecule has 0 aromatic heterocycles. The van der Waals surface area contributed by atoms with Crippen LogP contribution in [0.5, 0.6) is 11.5 Å². The van der Waals surface area contributed by atoms with Crippen LogP contribution in [0.15, 0.2) is 72.8 Å². The minimum atomic E-state index is -0.835. The third-order valence-electron chi connectivity index (χ3n) is 5.61. The maximum absolute atomic E-state index is 12.5. The summed E-state index contributed by atoms with van der Waals surface area (Å²) >= 11 is 5.81. The van der Waals surface area contributed by atoms with E-state index < -0.39 is 41.0 Å². The van der Waals surface area contributed by atoms with Crippen molar-refractivity contribution in [1.29, 1.82) is 0 Å². The van der Waals surface area contributed by atoms with E-state index in [-0.39, 0.29) is 24.2 Å². The molecule has 0 radical (unpaired) electrons. The third-order valence-corrected chi connectivity index (χ3v) is 5.86. The Kier molecular flexibility index (Phi) is 7.97. The number of nitrogens with zero attached hydrogens (tertiary/aromatic N) is 2. The number of non-ortho nitro benzene ring substituents is 1. The van der Waals surface area contributed by atoms with Crippen LogP contribution in [0, 0.1) is 16.0 Å². The van der Waals surface area contributed by atoms with Gasteiger partial charge in [-0.25, -0.2) is 0 Å². The molecule has 0 saturated carbocycles. The lowest BCUT2D eigenvalue weighted by Gasteiger charge is -2.17. The number of ether oxygens (including phenoxy) is 2. The number of rotatable bonds is 9. The number of hydrogen-bond donors (Lipinski definition) is 1. The van der Waals surface area contributed by atoms with E-state index in [1.807, 2.05) is 0 Å². The van der Waals surface area contributed by atoms with E-state index in [0.717, 1.165) is 5.01 Å². The van der Waals surface area contributed by atoms with Crippen LogP contribution in [0.1, 0.15) is 27.1 Å². The van der Waals surface area contributed by atoms with Crippen LogP contribution >= 0.6 is 11.6 Å².